The molecule has 3 N–H and O–H groups in total. The number of hydrogen-bond donors (Lipinski definition) is 3. The van der Waals surface area contributed by atoms with Crippen molar-refractivity contribution in [2.24, 2.45) is 11.8 Å². The highest BCUT2D eigenvalue weighted by Gasteiger charge is 2.33. The maximum absolute atomic E-state index is 12.3. The lowest BCUT2D eigenvalue weighted by molar-refractivity contribution is -0.142. The van der Waals surface area contributed by atoms with Gasteiger partial charge in [0.15, 0.2) is 0 Å². The van der Waals surface area contributed by atoms with E-state index in [0.29, 0.717) is 25.8 Å². The molecule has 1 unspecified atom stereocenters. The van der Waals surface area contributed by atoms with Crippen LogP contribution in [0.2, 0.25) is 0 Å². The fraction of sp³-hybridized carbons (Fsp3) is 0.464. The molecule has 0 aliphatic heterocycles. The molecule has 0 bridgehead atoms. The molecule has 186 valence electrons. The van der Waals surface area contributed by atoms with Crippen molar-refractivity contribution < 1.29 is 24.2 Å². The number of amides is 2. The quantitative estimate of drug-likeness (QED) is 0.459. The Morgan fingerprint density at radius 1 is 1.00 bits per heavy atom. The molecular weight excluding hydrogens is 444 g/mol. The number of fused-ring (bicyclic) bond motifs is 3. The maximum atomic E-state index is 12.3. The van der Waals surface area contributed by atoms with Gasteiger partial charge in [0.05, 0.1) is 5.92 Å². The van der Waals surface area contributed by atoms with E-state index in [-0.39, 0.29) is 30.4 Å². The van der Waals surface area contributed by atoms with Crippen LogP contribution in [-0.2, 0) is 14.3 Å². The highest BCUT2D eigenvalue weighted by atomic mass is 16.5. The number of carbonyl (C=O) groups is 3. The first kappa shape index (κ1) is 24.8. The zero-order valence-corrected chi connectivity index (χ0v) is 20.2. The van der Waals surface area contributed by atoms with Gasteiger partial charge in [-0.05, 0) is 53.9 Å². The molecule has 2 aromatic carbocycles. The van der Waals surface area contributed by atoms with Crippen molar-refractivity contribution in [1.29, 1.82) is 0 Å². The summed E-state index contributed by atoms with van der Waals surface area (Å²) in [5.74, 6) is -1.13. The van der Waals surface area contributed by atoms with E-state index in [9.17, 15) is 19.5 Å². The van der Waals surface area contributed by atoms with Crippen molar-refractivity contribution in [3.63, 3.8) is 0 Å². The average Bonchev–Trinajstić information content (AvgIpc) is 3.44. The van der Waals surface area contributed by atoms with Crippen LogP contribution < -0.4 is 10.6 Å². The molecule has 35 heavy (non-hydrogen) atoms. The summed E-state index contributed by atoms with van der Waals surface area (Å²) in [5.41, 5.74) is 4.75. The summed E-state index contributed by atoms with van der Waals surface area (Å²) in [6.45, 7) is 2.81. The van der Waals surface area contributed by atoms with Crippen LogP contribution in [0.25, 0.3) is 11.1 Å². The summed E-state index contributed by atoms with van der Waals surface area (Å²) in [5, 5.41) is 15.0. The van der Waals surface area contributed by atoms with Crippen molar-refractivity contribution in [2.45, 2.75) is 57.4 Å². The monoisotopic (exact) mass is 478 g/mol. The van der Waals surface area contributed by atoms with Gasteiger partial charge in [-0.25, -0.2) is 4.79 Å². The Morgan fingerprint density at radius 2 is 1.66 bits per heavy atom. The first-order chi connectivity index (χ1) is 16.9. The van der Waals surface area contributed by atoms with Crippen molar-refractivity contribution in [2.75, 3.05) is 13.2 Å². The molecule has 1 fully saturated rings. The SMILES string of the molecule is CC(CCNC(=O)OCC1c2ccccc2-c2ccccc21)CCC(=O)N[C@@H]1CCC[C@@H]1C(=O)O. The minimum atomic E-state index is -0.833. The standard InChI is InChI=1S/C28H34N2O5/c1-18(13-14-26(31)30-25-12-6-11-23(25)27(32)33)15-16-29-28(34)35-17-24-21-9-4-2-7-19(21)20-8-3-5-10-22(20)24/h2-5,7-10,18,23-25H,6,11-17H2,1H3,(H,29,34)(H,30,31)(H,32,33)/t18?,23-,25+/m0/s1. The number of nitrogens with one attached hydrogen (secondary N) is 2. The van der Waals surface area contributed by atoms with Crippen LogP contribution in [0.3, 0.4) is 0 Å². The molecule has 1 saturated carbocycles. The largest absolute Gasteiger partial charge is 0.481 e. The fourth-order valence-corrected chi connectivity index (χ4v) is 5.30. The topological polar surface area (TPSA) is 105 Å². The van der Waals surface area contributed by atoms with E-state index in [0.717, 1.165) is 19.3 Å². The molecule has 2 amide bonds. The Hall–Kier alpha value is -3.35. The summed E-state index contributed by atoms with van der Waals surface area (Å²) in [6, 6.07) is 16.2. The summed E-state index contributed by atoms with van der Waals surface area (Å²) in [4.78, 5) is 35.8. The molecule has 2 aliphatic carbocycles. The second-order valence-corrected chi connectivity index (χ2v) is 9.73. The number of carbonyl (C=O) groups excluding carboxylic acids is 2. The highest BCUT2D eigenvalue weighted by molar-refractivity contribution is 5.79. The first-order valence-corrected chi connectivity index (χ1v) is 12.5. The minimum absolute atomic E-state index is 0.0335. The maximum Gasteiger partial charge on any atom is 0.407 e. The third-order valence-electron chi connectivity index (χ3n) is 7.29. The van der Waals surface area contributed by atoms with E-state index in [1.165, 1.54) is 22.3 Å². The molecule has 7 heteroatoms. The van der Waals surface area contributed by atoms with Gasteiger partial charge in [-0.15, -0.1) is 0 Å². The van der Waals surface area contributed by atoms with Crippen LogP contribution in [0.1, 0.15) is 62.5 Å². The van der Waals surface area contributed by atoms with Gasteiger partial charge >= 0.3 is 12.1 Å². The third-order valence-corrected chi connectivity index (χ3v) is 7.29. The second kappa shape index (κ2) is 11.4. The van der Waals surface area contributed by atoms with Crippen molar-refractivity contribution >= 4 is 18.0 Å². The third kappa shape index (κ3) is 6.02. The van der Waals surface area contributed by atoms with Gasteiger partial charge in [-0.1, -0.05) is 61.9 Å². The van der Waals surface area contributed by atoms with E-state index >= 15 is 0 Å². The Labute approximate surface area is 206 Å². The van der Waals surface area contributed by atoms with E-state index in [1.807, 2.05) is 31.2 Å². The highest BCUT2D eigenvalue weighted by Crippen LogP contribution is 2.44. The van der Waals surface area contributed by atoms with Gasteiger partial charge in [-0.2, -0.15) is 0 Å². The molecule has 0 heterocycles. The van der Waals surface area contributed by atoms with Crippen LogP contribution >= 0.6 is 0 Å². The number of rotatable bonds is 10. The molecule has 0 spiro atoms. The molecule has 2 aliphatic rings. The normalized spacial score (nSPS) is 19.5. The predicted molar refractivity (Wildman–Crippen MR) is 133 cm³/mol. The van der Waals surface area contributed by atoms with Crippen LogP contribution in [0.4, 0.5) is 4.79 Å². The molecule has 2 aromatic rings. The van der Waals surface area contributed by atoms with Crippen LogP contribution in [0.15, 0.2) is 48.5 Å². The average molecular weight is 479 g/mol. The molecule has 4 rings (SSSR count). The second-order valence-electron chi connectivity index (χ2n) is 9.73. The predicted octanol–water partition coefficient (Wildman–Crippen LogP) is 4.70. The zero-order valence-electron chi connectivity index (χ0n) is 20.2. The fourth-order valence-electron chi connectivity index (χ4n) is 5.30. The van der Waals surface area contributed by atoms with Crippen molar-refractivity contribution in [1.82, 2.24) is 10.6 Å². The van der Waals surface area contributed by atoms with Gasteiger partial charge in [-0.3, -0.25) is 9.59 Å². The number of carboxylic acids is 1. The summed E-state index contributed by atoms with van der Waals surface area (Å²) in [7, 11) is 0. The Morgan fingerprint density at radius 3 is 2.31 bits per heavy atom. The lowest BCUT2D eigenvalue weighted by Crippen LogP contribution is -2.40. The lowest BCUT2D eigenvalue weighted by atomic mass is 9.98. The molecule has 0 aromatic heterocycles. The first-order valence-electron chi connectivity index (χ1n) is 12.5. The molecule has 7 nitrogen and oxygen atoms in total. The van der Waals surface area contributed by atoms with Crippen LogP contribution in [0, 0.1) is 11.8 Å². The molecular formula is C28H34N2O5. The number of hydrogen-bond acceptors (Lipinski definition) is 4. The van der Waals surface area contributed by atoms with E-state index in [4.69, 9.17) is 4.74 Å². The van der Waals surface area contributed by atoms with Crippen LogP contribution in [0.5, 0.6) is 0 Å². The van der Waals surface area contributed by atoms with Gasteiger partial charge in [0.25, 0.3) is 0 Å². The lowest BCUT2D eigenvalue weighted by Gasteiger charge is -2.18. The number of benzene rings is 2. The zero-order chi connectivity index (χ0) is 24.8. The van der Waals surface area contributed by atoms with E-state index in [1.54, 1.807) is 0 Å². The van der Waals surface area contributed by atoms with Gasteiger partial charge in [0, 0.05) is 24.9 Å². The Bertz CT molecular complexity index is 1020. The van der Waals surface area contributed by atoms with E-state index < -0.39 is 18.0 Å². The molecule has 3 atom stereocenters. The summed E-state index contributed by atoms with van der Waals surface area (Å²) >= 11 is 0. The Balaban J connectivity index is 1.15. The molecule has 0 saturated heterocycles. The van der Waals surface area contributed by atoms with Gasteiger partial charge in [0.1, 0.15) is 6.61 Å². The number of ether oxygens (including phenoxy) is 1. The van der Waals surface area contributed by atoms with Gasteiger partial charge in [0.2, 0.25) is 5.91 Å². The minimum Gasteiger partial charge on any atom is -0.481 e. The summed E-state index contributed by atoms with van der Waals surface area (Å²) in [6.07, 6.45) is 3.52. The number of aliphatic carboxylic acids is 1. The van der Waals surface area contributed by atoms with E-state index in [2.05, 4.69) is 34.9 Å². The number of carboxylic acid groups (broad SMARTS) is 1. The number of alkyl carbamates (subject to hydrolysis) is 1. The van der Waals surface area contributed by atoms with Crippen LogP contribution in [-0.4, -0.2) is 42.3 Å². The van der Waals surface area contributed by atoms with Crippen molar-refractivity contribution in [3.05, 3.63) is 59.7 Å². The van der Waals surface area contributed by atoms with Gasteiger partial charge < -0.3 is 20.5 Å². The summed E-state index contributed by atoms with van der Waals surface area (Å²) < 4.78 is 5.56. The smallest absolute Gasteiger partial charge is 0.407 e. The Kier molecular flexibility index (Phi) is 8.06. The van der Waals surface area contributed by atoms with Crippen molar-refractivity contribution in [3.8, 4) is 11.1 Å². The molecule has 0 radical (unpaired) electrons.